The fourth-order valence-corrected chi connectivity index (χ4v) is 2.01. The van der Waals surface area contributed by atoms with Gasteiger partial charge in [0.25, 0.3) is 0 Å². The van der Waals surface area contributed by atoms with E-state index in [1.54, 1.807) is 0 Å². The summed E-state index contributed by atoms with van der Waals surface area (Å²) in [7, 11) is 0. The molecule has 0 heterocycles. The second-order valence-corrected chi connectivity index (χ2v) is 4.89. The number of hydrogen-bond acceptors (Lipinski definition) is 3. The van der Waals surface area contributed by atoms with Crippen molar-refractivity contribution in [2.75, 3.05) is 26.2 Å². The van der Waals surface area contributed by atoms with Crippen LogP contribution in [0.3, 0.4) is 0 Å². The highest BCUT2D eigenvalue weighted by atomic mass is 32.1. The fourth-order valence-electron chi connectivity index (χ4n) is 1.85. The maximum absolute atomic E-state index is 12.7. The zero-order chi connectivity index (χ0) is 16.0. The highest BCUT2D eigenvalue weighted by Crippen LogP contribution is 2.32. The van der Waals surface area contributed by atoms with Crippen LogP contribution in [0.5, 0.6) is 5.75 Å². The summed E-state index contributed by atoms with van der Waals surface area (Å²) in [5, 5.41) is 0. The van der Waals surface area contributed by atoms with Crippen molar-refractivity contribution >= 4 is 17.2 Å². The van der Waals surface area contributed by atoms with E-state index in [-0.39, 0.29) is 16.3 Å². The Kier molecular flexibility index (Phi) is 6.42. The largest absolute Gasteiger partial charge is 0.492 e. The summed E-state index contributed by atoms with van der Waals surface area (Å²) < 4.78 is 43.6. The molecule has 0 aliphatic rings. The number of likely N-dealkylation sites (N-methyl/N-ethyl adjacent to an activating group) is 1. The molecule has 0 spiro atoms. The molecule has 0 amide bonds. The molecule has 2 N–H and O–H groups in total. The molecule has 1 rings (SSSR count). The molecule has 0 radical (unpaired) electrons. The Morgan fingerprint density at radius 2 is 1.90 bits per heavy atom. The van der Waals surface area contributed by atoms with Crippen molar-refractivity contribution in [1.29, 1.82) is 0 Å². The maximum Gasteiger partial charge on any atom is 0.416 e. The first-order chi connectivity index (χ1) is 9.79. The number of halogens is 3. The molecular weight excluding hydrogens is 301 g/mol. The number of rotatable bonds is 7. The molecule has 0 aliphatic carbocycles. The Labute approximate surface area is 127 Å². The molecule has 1 aromatic rings. The minimum absolute atomic E-state index is 0.111. The van der Waals surface area contributed by atoms with E-state index in [0.717, 1.165) is 25.2 Å². The van der Waals surface area contributed by atoms with Crippen LogP contribution < -0.4 is 10.5 Å². The molecular formula is C14H19F3N2OS. The lowest BCUT2D eigenvalue weighted by atomic mass is 10.1. The standard InChI is InChI=1S/C14H19F3N2OS/c1-3-19(4-2)7-8-20-12-6-5-10(14(15,16)17)9-11(12)13(18)21/h5-6,9H,3-4,7-8H2,1-2H3,(H2,18,21). The zero-order valence-electron chi connectivity index (χ0n) is 12.0. The molecule has 0 fully saturated rings. The van der Waals surface area contributed by atoms with Crippen LogP contribution >= 0.6 is 12.2 Å². The second-order valence-electron chi connectivity index (χ2n) is 4.45. The number of nitrogens with zero attached hydrogens (tertiary/aromatic N) is 1. The smallest absolute Gasteiger partial charge is 0.416 e. The first-order valence-electron chi connectivity index (χ1n) is 6.65. The molecule has 21 heavy (non-hydrogen) atoms. The van der Waals surface area contributed by atoms with E-state index in [2.05, 4.69) is 4.90 Å². The quantitative estimate of drug-likeness (QED) is 0.784. The predicted molar refractivity (Wildman–Crippen MR) is 80.6 cm³/mol. The third-order valence-corrected chi connectivity index (χ3v) is 3.35. The molecule has 0 aromatic heterocycles. The van der Waals surface area contributed by atoms with E-state index in [0.29, 0.717) is 13.2 Å². The van der Waals surface area contributed by atoms with Crippen LogP contribution in [0.1, 0.15) is 25.0 Å². The van der Waals surface area contributed by atoms with Crippen LogP contribution in [0.2, 0.25) is 0 Å². The third kappa shape index (κ3) is 5.17. The van der Waals surface area contributed by atoms with E-state index >= 15 is 0 Å². The van der Waals surface area contributed by atoms with Crippen LogP contribution in [-0.4, -0.2) is 36.1 Å². The van der Waals surface area contributed by atoms with E-state index in [1.165, 1.54) is 6.07 Å². The van der Waals surface area contributed by atoms with E-state index in [9.17, 15) is 13.2 Å². The summed E-state index contributed by atoms with van der Waals surface area (Å²) in [6.45, 7) is 6.88. The van der Waals surface area contributed by atoms with Gasteiger partial charge in [0.2, 0.25) is 0 Å². The molecule has 7 heteroatoms. The molecule has 0 aliphatic heterocycles. The molecule has 0 bridgehead atoms. The van der Waals surface area contributed by atoms with Crippen molar-refractivity contribution < 1.29 is 17.9 Å². The summed E-state index contributed by atoms with van der Waals surface area (Å²) >= 11 is 4.80. The van der Waals surface area contributed by atoms with Gasteiger partial charge in [-0.1, -0.05) is 26.1 Å². The van der Waals surface area contributed by atoms with E-state index < -0.39 is 11.7 Å². The summed E-state index contributed by atoms with van der Waals surface area (Å²) in [4.78, 5) is 2.03. The lowest BCUT2D eigenvalue weighted by Gasteiger charge is -2.19. The van der Waals surface area contributed by atoms with Gasteiger partial charge in [-0.15, -0.1) is 0 Å². The minimum atomic E-state index is -4.43. The summed E-state index contributed by atoms with van der Waals surface area (Å²) in [5.41, 5.74) is 4.80. The van der Waals surface area contributed by atoms with Crippen LogP contribution in [0.4, 0.5) is 13.2 Å². The second kappa shape index (κ2) is 7.61. The first-order valence-corrected chi connectivity index (χ1v) is 7.06. The van der Waals surface area contributed by atoms with Gasteiger partial charge in [-0.25, -0.2) is 0 Å². The summed E-state index contributed by atoms with van der Waals surface area (Å²) in [6, 6.07) is 3.16. The topological polar surface area (TPSA) is 38.5 Å². The minimum Gasteiger partial charge on any atom is -0.492 e. The Morgan fingerprint density at radius 3 is 2.38 bits per heavy atom. The molecule has 0 saturated carbocycles. The number of alkyl halides is 3. The van der Waals surface area contributed by atoms with Gasteiger partial charge < -0.3 is 15.4 Å². The molecule has 0 atom stereocenters. The van der Waals surface area contributed by atoms with Crippen molar-refractivity contribution in [2.45, 2.75) is 20.0 Å². The third-order valence-electron chi connectivity index (χ3n) is 3.13. The number of hydrogen-bond donors (Lipinski definition) is 1. The zero-order valence-corrected chi connectivity index (χ0v) is 12.9. The van der Waals surface area contributed by atoms with Gasteiger partial charge in [0.05, 0.1) is 11.1 Å². The van der Waals surface area contributed by atoms with Gasteiger partial charge in [-0.2, -0.15) is 13.2 Å². The average Bonchev–Trinajstić information content (AvgIpc) is 2.42. The normalized spacial score (nSPS) is 11.7. The maximum atomic E-state index is 12.7. The van der Waals surface area contributed by atoms with Crippen molar-refractivity contribution in [3.8, 4) is 5.75 Å². The molecule has 118 valence electrons. The summed E-state index contributed by atoms with van der Waals surface area (Å²) in [5.74, 6) is 0.280. The average molecular weight is 320 g/mol. The number of nitrogens with two attached hydrogens (primary N) is 1. The van der Waals surface area contributed by atoms with Gasteiger partial charge in [0, 0.05) is 6.54 Å². The first kappa shape index (κ1) is 17.7. The van der Waals surface area contributed by atoms with Crippen LogP contribution in [0.15, 0.2) is 18.2 Å². The number of benzene rings is 1. The van der Waals surface area contributed by atoms with Gasteiger partial charge in [-0.05, 0) is 31.3 Å². The molecule has 3 nitrogen and oxygen atoms in total. The van der Waals surface area contributed by atoms with Crippen molar-refractivity contribution in [3.05, 3.63) is 29.3 Å². The lowest BCUT2D eigenvalue weighted by Crippen LogP contribution is -2.28. The number of thiocarbonyl (C=S) groups is 1. The van der Waals surface area contributed by atoms with E-state index in [1.807, 2.05) is 13.8 Å². The van der Waals surface area contributed by atoms with Crippen molar-refractivity contribution in [3.63, 3.8) is 0 Å². The van der Waals surface area contributed by atoms with Crippen molar-refractivity contribution in [2.24, 2.45) is 5.73 Å². The Balaban J connectivity index is 2.85. The molecule has 0 unspecified atom stereocenters. The molecule has 0 saturated heterocycles. The fraction of sp³-hybridized carbons (Fsp3) is 0.500. The van der Waals surface area contributed by atoms with Gasteiger partial charge >= 0.3 is 6.18 Å². The van der Waals surface area contributed by atoms with E-state index in [4.69, 9.17) is 22.7 Å². The SMILES string of the molecule is CCN(CC)CCOc1ccc(C(F)(F)F)cc1C(N)=S. The van der Waals surface area contributed by atoms with Crippen LogP contribution in [0, 0.1) is 0 Å². The van der Waals surface area contributed by atoms with Gasteiger partial charge in [-0.3, -0.25) is 0 Å². The monoisotopic (exact) mass is 320 g/mol. The Bertz CT molecular complexity index is 488. The lowest BCUT2D eigenvalue weighted by molar-refractivity contribution is -0.137. The van der Waals surface area contributed by atoms with Gasteiger partial charge in [0.15, 0.2) is 0 Å². The van der Waals surface area contributed by atoms with Crippen LogP contribution in [-0.2, 0) is 6.18 Å². The van der Waals surface area contributed by atoms with Crippen molar-refractivity contribution in [1.82, 2.24) is 4.90 Å². The Morgan fingerprint density at radius 1 is 1.29 bits per heavy atom. The summed E-state index contributed by atoms with van der Waals surface area (Å²) in [6.07, 6.45) is -4.43. The highest BCUT2D eigenvalue weighted by Gasteiger charge is 2.31. The molecule has 1 aromatic carbocycles. The Hall–Kier alpha value is -1.34. The van der Waals surface area contributed by atoms with Crippen LogP contribution in [0.25, 0.3) is 0 Å². The predicted octanol–water partition coefficient (Wildman–Crippen LogP) is 3.06. The highest BCUT2D eigenvalue weighted by molar-refractivity contribution is 7.80. The number of ether oxygens (including phenoxy) is 1. The van der Waals surface area contributed by atoms with Gasteiger partial charge in [0.1, 0.15) is 17.3 Å².